The van der Waals surface area contributed by atoms with Crippen LogP contribution in [0.4, 0.5) is 0 Å². The Labute approximate surface area is 189 Å². The molecule has 0 aromatic heterocycles. The highest BCUT2D eigenvalue weighted by Gasteiger charge is 2.44. The number of nitrogens with one attached hydrogen (secondary N) is 1. The highest BCUT2D eigenvalue weighted by Crippen LogP contribution is 2.47. The summed E-state index contributed by atoms with van der Waals surface area (Å²) < 4.78 is 16.6. The Bertz CT molecular complexity index is 963. The van der Waals surface area contributed by atoms with Gasteiger partial charge in [0.15, 0.2) is 11.5 Å². The smallest absolute Gasteiger partial charge is 0.254 e. The maximum absolute atomic E-state index is 13.5. The van der Waals surface area contributed by atoms with Gasteiger partial charge in [-0.05, 0) is 49.6 Å². The van der Waals surface area contributed by atoms with Gasteiger partial charge in [0, 0.05) is 18.2 Å². The van der Waals surface area contributed by atoms with Crippen LogP contribution in [0.15, 0.2) is 36.4 Å². The van der Waals surface area contributed by atoms with E-state index in [0.29, 0.717) is 29.4 Å². The molecular weight excluding hydrogens is 408 g/mol. The molecule has 1 heterocycles. The summed E-state index contributed by atoms with van der Waals surface area (Å²) in [5, 5.41) is 3.05. The molecule has 2 aromatic carbocycles. The molecule has 0 saturated carbocycles. The van der Waals surface area contributed by atoms with Crippen LogP contribution in [-0.4, -0.2) is 50.6 Å². The van der Waals surface area contributed by atoms with Gasteiger partial charge in [0.25, 0.3) is 5.91 Å². The fraction of sp³-hybridized carbons (Fsp3) is 0.440. The van der Waals surface area contributed by atoms with Crippen LogP contribution >= 0.6 is 0 Å². The van der Waals surface area contributed by atoms with Gasteiger partial charge in [-0.1, -0.05) is 25.1 Å². The fourth-order valence-electron chi connectivity index (χ4n) is 4.38. The third kappa shape index (κ3) is 4.24. The van der Waals surface area contributed by atoms with Crippen LogP contribution in [0.1, 0.15) is 60.6 Å². The zero-order valence-corrected chi connectivity index (χ0v) is 19.6. The minimum atomic E-state index is -0.583. The van der Waals surface area contributed by atoms with E-state index in [2.05, 4.69) is 5.32 Å². The van der Waals surface area contributed by atoms with Crippen LogP contribution in [0.2, 0.25) is 0 Å². The van der Waals surface area contributed by atoms with Crippen molar-refractivity contribution in [3.05, 3.63) is 53.1 Å². The van der Waals surface area contributed by atoms with Crippen LogP contribution in [0, 0.1) is 0 Å². The largest absolute Gasteiger partial charge is 0.493 e. The van der Waals surface area contributed by atoms with E-state index in [-0.39, 0.29) is 17.9 Å². The molecular formula is C25H32N2O5. The van der Waals surface area contributed by atoms with Crippen molar-refractivity contribution >= 4 is 11.8 Å². The first kappa shape index (κ1) is 23.4. The van der Waals surface area contributed by atoms with Crippen LogP contribution < -0.4 is 19.5 Å². The number of hydrogen-bond acceptors (Lipinski definition) is 5. The summed E-state index contributed by atoms with van der Waals surface area (Å²) in [6.45, 7) is 6.38. The molecule has 7 nitrogen and oxygen atoms in total. The minimum absolute atomic E-state index is 0.0347. The number of ether oxygens (including phenoxy) is 3. The lowest BCUT2D eigenvalue weighted by molar-refractivity contribution is -0.124. The number of carbonyl (C=O) groups excluding carboxylic acids is 2. The van der Waals surface area contributed by atoms with Gasteiger partial charge in [0.1, 0.15) is 0 Å². The summed E-state index contributed by atoms with van der Waals surface area (Å²) in [6, 6.07) is 10.4. The average Bonchev–Trinajstić information content (AvgIpc) is 2.79. The molecule has 2 atom stereocenters. The van der Waals surface area contributed by atoms with Gasteiger partial charge in [-0.3, -0.25) is 9.59 Å². The molecule has 3 rings (SSSR count). The summed E-state index contributed by atoms with van der Waals surface area (Å²) in [7, 11) is 4.65. The highest BCUT2D eigenvalue weighted by atomic mass is 16.5. The number of rotatable bonds is 8. The minimum Gasteiger partial charge on any atom is -0.493 e. The third-order valence-corrected chi connectivity index (χ3v) is 5.65. The third-order valence-electron chi connectivity index (χ3n) is 5.65. The molecule has 172 valence electrons. The molecule has 1 aliphatic rings. The van der Waals surface area contributed by atoms with Gasteiger partial charge < -0.3 is 24.4 Å². The second-order valence-electron chi connectivity index (χ2n) is 8.13. The monoisotopic (exact) mass is 440 g/mol. The normalized spacial score (nSPS) is 17.7. The van der Waals surface area contributed by atoms with Crippen LogP contribution in [0.3, 0.4) is 0 Å². The number of nitrogens with zero attached hydrogens (tertiary/aromatic N) is 1. The van der Waals surface area contributed by atoms with Gasteiger partial charge >= 0.3 is 0 Å². The Balaban J connectivity index is 2.27. The van der Waals surface area contributed by atoms with Crippen molar-refractivity contribution in [1.29, 1.82) is 0 Å². The quantitative estimate of drug-likeness (QED) is 0.673. The summed E-state index contributed by atoms with van der Waals surface area (Å²) in [4.78, 5) is 28.8. The molecule has 2 aromatic rings. The fourth-order valence-corrected chi connectivity index (χ4v) is 4.38. The van der Waals surface area contributed by atoms with E-state index in [1.807, 2.05) is 51.1 Å². The number of amides is 2. The predicted octanol–water partition coefficient (Wildman–Crippen LogP) is 3.93. The molecule has 0 fully saturated rings. The first-order valence-electron chi connectivity index (χ1n) is 10.9. The Morgan fingerprint density at radius 2 is 1.69 bits per heavy atom. The van der Waals surface area contributed by atoms with Gasteiger partial charge in [-0.2, -0.15) is 0 Å². The van der Waals surface area contributed by atoms with Gasteiger partial charge in [-0.25, -0.2) is 0 Å². The van der Waals surface area contributed by atoms with Crippen molar-refractivity contribution in [2.45, 2.75) is 45.2 Å². The van der Waals surface area contributed by atoms with Gasteiger partial charge in [0.05, 0.1) is 33.3 Å². The second kappa shape index (κ2) is 9.94. The Hall–Kier alpha value is -3.22. The van der Waals surface area contributed by atoms with Crippen molar-refractivity contribution in [3.63, 3.8) is 0 Å². The molecule has 0 aliphatic carbocycles. The van der Waals surface area contributed by atoms with E-state index in [4.69, 9.17) is 14.2 Å². The maximum atomic E-state index is 13.5. The van der Waals surface area contributed by atoms with E-state index in [1.165, 1.54) is 0 Å². The maximum Gasteiger partial charge on any atom is 0.254 e. The number of hydrogen-bond donors (Lipinski definition) is 1. The molecule has 0 unspecified atom stereocenters. The SMILES string of the molecule is CCCN1C(=O)c2ccccc2[C@H](C(=O)NC(C)C)[C@H]1c1cc(OC)c(OC)c(OC)c1. The Morgan fingerprint density at radius 3 is 2.22 bits per heavy atom. The lowest BCUT2D eigenvalue weighted by atomic mass is 9.78. The van der Waals surface area contributed by atoms with E-state index in [1.54, 1.807) is 32.3 Å². The molecule has 0 saturated heterocycles. The Kier molecular flexibility index (Phi) is 7.28. The first-order valence-corrected chi connectivity index (χ1v) is 10.9. The standard InChI is InChI=1S/C25H32N2O5/c1-7-12-27-22(16-13-19(30-4)23(32-6)20(14-16)31-5)21(24(28)26-15(2)3)17-10-8-9-11-18(17)25(27)29/h8-11,13-15,21-22H,7,12H2,1-6H3,(H,26,28)/t21-,22+/m0/s1. The molecule has 0 bridgehead atoms. The van der Waals surface area contributed by atoms with E-state index in [9.17, 15) is 9.59 Å². The molecule has 1 N–H and O–H groups in total. The highest BCUT2D eigenvalue weighted by molar-refractivity contribution is 6.01. The van der Waals surface area contributed by atoms with Crippen LogP contribution in [0.5, 0.6) is 17.2 Å². The average molecular weight is 441 g/mol. The molecule has 32 heavy (non-hydrogen) atoms. The van der Waals surface area contributed by atoms with Crippen LogP contribution in [-0.2, 0) is 4.79 Å². The first-order chi connectivity index (χ1) is 15.4. The molecule has 0 spiro atoms. The number of benzene rings is 2. The number of methoxy groups -OCH3 is 3. The van der Waals surface area contributed by atoms with E-state index >= 15 is 0 Å². The topological polar surface area (TPSA) is 77.1 Å². The zero-order valence-electron chi connectivity index (χ0n) is 19.6. The van der Waals surface area contributed by atoms with Crippen molar-refractivity contribution in [2.75, 3.05) is 27.9 Å². The molecule has 7 heteroatoms. The summed E-state index contributed by atoms with van der Waals surface area (Å²) >= 11 is 0. The van der Waals surface area contributed by atoms with Gasteiger partial charge in [-0.15, -0.1) is 0 Å². The van der Waals surface area contributed by atoms with Crippen molar-refractivity contribution < 1.29 is 23.8 Å². The summed E-state index contributed by atoms with van der Waals surface area (Å²) in [5.74, 6) is 0.627. The predicted molar refractivity (Wildman–Crippen MR) is 123 cm³/mol. The van der Waals surface area contributed by atoms with E-state index in [0.717, 1.165) is 17.5 Å². The Morgan fingerprint density at radius 1 is 1.06 bits per heavy atom. The van der Waals surface area contributed by atoms with Crippen molar-refractivity contribution in [3.8, 4) is 17.2 Å². The number of carbonyl (C=O) groups is 2. The summed E-state index contributed by atoms with van der Waals surface area (Å²) in [6.07, 6.45) is 0.757. The van der Waals surface area contributed by atoms with E-state index < -0.39 is 12.0 Å². The molecule has 2 amide bonds. The molecule has 1 aliphatic heterocycles. The number of fused-ring (bicyclic) bond motifs is 1. The summed E-state index contributed by atoms with van der Waals surface area (Å²) in [5.41, 5.74) is 2.04. The van der Waals surface area contributed by atoms with Crippen molar-refractivity contribution in [2.24, 2.45) is 0 Å². The second-order valence-corrected chi connectivity index (χ2v) is 8.13. The van der Waals surface area contributed by atoms with Crippen LogP contribution in [0.25, 0.3) is 0 Å². The van der Waals surface area contributed by atoms with Crippen molar-refractivity contribution in [1.82, 2.24) is 10.2 Å². The molecule has 0 radical (unpaired) electrons. The lowest BCUT2D eigenvalue weighted by Crippen LogP contribution is -2.48. The zero-order chi connectivity index (χ0) is 23.4. The van der Waals surface area contributed by atoms with Gasteiger partial charge in [0.2, 0.25) is 11.7 Å². The lowest BCUT2D eigenvalue weighted by Gasteiger charge is -2.42.